The van der Waals surface area contributed by atoms with E-state index in [1.165, 1.54) is 4.68 Å². The van der Waals surface area contributed by atoms with Crippen LogP contribution in [0.2, 0.25) is 5.02 Å². The van der Waals surface area contributed by atoms with Gasteiger partial charge in [0.2, 0.25) is 11.9 Å². The Hall–Kier alpha value is -2.80. The van der Waals surface area contributed by atoms with Crippen molar-refractivity contribution in [2.75, 3.05) is 18.2 Å². The van der Waals surface area contributed by atoms with Gasteiger partial charge in [-0.25, -0.2) is 4.98 Å². The molecule has 2 aromatic heterocycles. The lowest BCUT2D eigenvalue weighted by Gasteiger charge is -2.10. The molecule has 1 aromatic carbocycles. The molecule has 7 nitrogen and oxygen atoms in total. The average Bonchev–Trinajstić information content (AvgIpc) is 2.92. The summed E-state index contributed by atoms with van der Waals surface area (Å²) in [6.07, 6.45) is 1.66. The Kier molecular flexibility index (Phi) is 4.03. The standard InChI is InChI=1S/C15H15ClN6O/c1-9-7-11(12(23-2)8-10(9)16)19-15-20-14(17)22(21-15)13-5-3-4-6-18-13/h3-8H,1-2H3,(H3,17,19,20,21). The van der Waals surface area contributed by atoms with Crippen LogP contribution in [0.25, 0.3) is 5.82 Å². The predicted octanol–water partition coefficient (Wildman–Crippen LogP) is 2.96. The van der Waals surface area contributed by atoms with Gasteiger partial charge in [-0.2, -0.15) is 9.67 Å². The summed E-state index contributed by atoms with van der Waals surface area (Å²) in [6.45, 7) is 1.90. The zero-order valence-corrected chi connectivity index (χ0v) is 13.4. The fraction of sp³-hybridized carbons (Fsp3) is 0.133. The number of anilines is 3. The molecule has 0 fully saturated rings. The van der Waals surface area contributed by atoms with E-state index in [1.807, 2.05) is 25.1 Å². The second-order valence-electron chi connectivity index (χ2n) is 4.82. The molecule has 0 saturated heterocycles. The van der Waals surface area contributed by atoms with E-state index < -0.39 is 0 Å². The van der Waals surface area contributed by atoms with Crippen LogP contribution in [0, 0.1) is 6.92 Å². The number of hydrogen-bond acceptors (Lipinski definition) is 6. The van der Waals surface area contributed by atoms with Crippen LogP contribution < -0.4 is 15.8 Å². The minimum Gasteiger partial charge on any atom is -0.495 e. The molecule has 2 heterocycles. The molecule has 0 aliphatic rings. The van der Waals surface area contributed by atoms with Crippen LogP contribution in [-0.2, 0) is 0 Å². The number of rotatable bonds is 4. The molecule has 0 aliphatic carbocycles. The number of nitrogens with two attached hydrogens (primary N) is 1. The van der Waals surface area contributed by atoms with E-state index in [9.17, 15) is 0 Å². The van der Waals surface area contributed by atoms with Crippen LogP contribution in [0.4, 0.5) is 17.6 Å². The van der Waals surface area contributed by atoms with Crippen LogP contribution in [0.5, 0.6) is 5.75 Å². The van der Waals surface area contributed by atoms with E-state index in [1.54, 1.807) is 25.4 Å². The summed E-state index contributed by atoms with van der Waals surface area (Å²) < 4.78 is 6.78. The number of methoxy groups -OCH3 is 1. The van der Waals surface area contributed by atoms with E-state index in [0.29, 0.717) is 28.2 Å². The molecule has 23 heavy (non-hydrogen) atoms. The normalized spacial score (nSPS) is 10.6. The van der Waals surface area contributed by atoms with Gasteiger partial charge in [0.05, 0.1) is 12.8 Å². The molecule has 0 atom stereocenters. The lowest BCUT2D eigenvalue weighted by molar-refractivity contribution is 0.416. The Morgan fingerprint density at radius 3 is 2.83 bits per heavy atom. The molecule has 8 heteroatoms. The van der Waals surface area contributed by atoms with Crippen molar-refractivity contribution in [1.29, 1.82) is 0 Å². The number of aryl methyl sites for hydroxylation is 1. The maximum atomic E-state index is 6.11. The Morgan fingerprint density at radius 1 is 1.30 bits per heavy atom. The zero-order chi connectivity index (χ0) is 16.4. The van der Waals surface area contributed by atoms with Gasteiger partial charge < -0.3 is 15.8 Å². The lowest BCUT2D eigenvalue weighted by atomic mass is 10.2. The van der Waals surface area contributed by atoms with Crippen molar-refractivity contribution in [3.63, 3.8) is 0 Å². The Labute approximate surface area is 138 Å². The quantitative estimate of drug-likeness (QED) is 0.764. The van der Waals surface area contributed by atoms with Crippen molar-refractivity contribution in [2.45, 2.75) is 6.92 Å². The van der Waals surface area contributed by atoms with E-state index in [0.717, 1.165) is 5.56 Å². The third-order valence-electron chi connectivity index (χ3n) is 3.23. The van der Waals surface area contributed by atoms with Crippen molar-refractivity contribution >= 4 is 29.2 Å². The summed E-state index contributed by atoms with van der Waals surface area (Å²) in [5.74, 6) is 1.75. The van der Waals surface area contributed by atoms with Crippen molar-refractivity contribution in [2.24, 2.45) is 0 Å². The number of nitrogens with zero attached hydrogens (tertiary/aromatic N) is 4. The van der Waals surface area contributed by atoms with Gasteiger partial charge in [-0.3, -0.25) is 0 Å². The summed E-state index contributed by atoms with van der Waals surface area (Å²) in [5.41, 5.74) is 7.52. The SMILES string of the molecule is COc1cc(Cl)c(C)cc1Nc1nc(N)n(-c2ccccn2)n1. The zero-order valence-electron chi connectivity index (χ0n) is 12.6. The van der Waals surface area contributed by atoms with E-state index >= 15 is 0 Å². The first kappa shape index (κ1) is 15.1. The highest BCUT2D eigenvalue weighted by molar-refractivity contribution is 6.31. The smallest absolute Gasteiger partial charge is 0.249 e. The first-order chi connectivity index (χ1) is 11.1. The van der Waals surface area contributed by atoms with E-state index in [-0.39, 0.29) is 5.95 Å². The van der Waals surface area contributed by atoms with Gasteiger partial charge in [-0.05, 0) is 30.7 Å². The monoisotopic (exact) mass is 330 g/mol. The number of halogens is 1. The van der Waals surface area contributed by atoms with Crippen molar-refractivity contribution in [3.05, 3.63) is 47.1 Å². The molecule has 0 aliphatic heterocycles. The molecule has 0 amide bonds. The van der Waals surface area contributed by atoms with Crippen LogP contribution in [0.3, 0.4) is 0 Å². The maximum Gasteiger partial charge on any atom is 0.249 e. The molecule has 0 unspecified atom stereocenters. The first-order valence-electron chi connectivity index (χ1n) is 6.83. The highest BCUT2D eigenvalue weighted by Gasteiger charge is 2.13. The highest BCUT2D eigenvalue weighted by Crippen LogP contribution is 2.32. The van der Waals surface area contributed by atoms with Crippen molar-refractivity contribution < 1.29 is 4.74 Å². The van der Waals surface area contributed by atoms with Gasteiger partial charge in [-0.1, -0.05) is 17.7 Å². The third-order valence-corrected chi connectivity index (χ3v) is 3.63. The lowest BCUT2D eigenvalue weighted by Crippen LogP contribution is -2.04. The molecule has 3 N–H and O–H groups in total. The molecule has 0 bridgehead atoms. The Bertz CT molecular complexity index is 833. The molecule has 0 radical (unpaired) electrons. The topological polar surface area (TPSA) is 90.9 Å². The second kappa shape index (κ2) is 6.13. The summed E-state index contributed by atoms with van der Waals surface area (Å²) >= 11 is 6.11. The van der Waals surface area contributed by atoms with Gasteiger partial charge in [-0.15, -0.1) is 5.10 Å². The first-order valence-corrected chi connectivity index (χ1v) is 7.21. The van der Waals surface area contributed by atoms with Gasteiger partial charge >= 0.3 is 0 Å². The van der Waals surface area contributed by atoms with E-state index in [2.05, 4.69) is 20.4 Å². The largest absolute Gasteiger partial charge is 0.495 e. The number of nitrogen functional groups attached to an aromatic ring is 1. The molecule has 0 saturated carbocycles. The molecule has 0 spiro atoms. The number of benzene rings is 1. The minimum absolute atomic E-state index is 0.232. The summed E-state index contributed by atoms with van der Waals surface area (Å²) in [7, 11) is 1.57. The summed E-state index contributed by atoms with van der Waals surface area (Å²) in [5, 5.41) is 8.03. The number of hydrogen-bond donors (Lipinski definition) is 2. The number of aromatic nitrogens is 4. The Balaban J connectivity index is 1.95. The average molecular weight is 331 g/mol. The molecular weight excluding hydrogens is 316 g/mol. The third kappa shape index (κ3) is 3.04. The molecule has 3 aromatic rings. The van der Waals surface area contributed by atoms with Crippen LogP contribution in [-0.4, -0.2) is 26.9 Å². The van der Waals surface area contributed by atoms with Crippen LogP contribution in [0.1, 0.15) is 5.56 Å². The fourth-order valence-corrected chi connectivity index (χ4v) is 2.23. The number of pyridine rings is 1. The molecule has 118 valence electrons. The Morgan fingerprint density at radius 2 is 2.13 bits per heavy atom. The van der Waals surface area contributed by atoms with Gasteiger partial charge in [0.25, 0.3) is 0 Å². The van der Waals surface area contributed by atoms with Crippen molar-refractivity contribution in [1.82, 2.24) is 19.7 Å². The second-order valence-corrected chi connectivity index (χ2v) is 5.23. The van der Waals surface area contributed by atoms with Gasteiger partial charge in [0, 0.05) is 17.3 Å². The highest BCUT2D eigenvalue weighted by atomic mass is 35.5. The van der Waals surface area contributed by atoms with Gasteiger partial charge in [0.15, 0.2) is 5.82 Å². The molecular formula is C15H15ClN6O. The summed E-state index contributed by atoms with van der Waals surface area (Å²) in [6, 6.07) is 9.05. The fourth-order valence-electron chi connectivity index (χ4n) is 2.08. The molecule has 3 rings (SSSR count). The van der Waals surface area contributed by atoms with Crippen LogP contribution >= 0.6 is 11.6 Å². The maximum absolute atomic E-state index is 6.11. The van der Waals surface area contributed by atoms with Crippen LogP contribution in [0.15, 0.2) is 36.5 Å². The predicted molar refractivity (Wildman–Crippen MR) is 89.6 cm³/mol. The van der Waals surface area contributed by atoms with Crippen molar-refractivity contribution in [3.8, 4) is 11.6 Å². The summed E-state index contributed by atoms with van der Waals surface area (Å²) in [4.78, 5) is 8.40. The number of ether oxygens (including phenoxy) is 1. The minimum atomic E-state index is 0.232. The number of nitrogens with one attached hydrogen (secondary N) is 1. The van der Waals surface area contributed by atoms with Gasteiger partial charge in [0.1, 0.15) is 5.75 Å². The van der Waals surface area contributed by atoms with E-state index in [4.69, 9.17) is 22.1 Å².